The van der Waals surface area contributed by atoms with Gasteiger partial charge >= 0.3 is 0 Å². The Morgan fingerprint density at radius 1 is 0.842 bits per heavy atom. The Kier molecular flexibility index (Phi) is 3.14. The maximum Gasteiger partial charge on any atom is 0.228 e. The van der Waals surface area contributed by atoms with E-state index in [0.29, 0.717) is 5.89 Å². The molecule has 0 fully saturated rings. The van der Waals surface area contributed by atoms with E-state index in [0.717, 1.165) is 16.9 Å². The molecule has 0 unspecified atom stereocenters. The Labute approximate surface area is 110 Å². The van der Waals surface area contributed by atoms with Gasteiger partial charge in [0, 0.05) is 0 Å². The second-order valence-corrected chi connectivity index (χ2v) is 3.89. The summed E-state index contributed by atoms with van der Waals surface area (Å²) in [5, 5.41) is 8.46. The van der Waals surface area contributed by atoms with Gasteiger partial charge in [-0.1, -0.05) is 30.3 Å². The van der Waals surface area contributed by atoms with Crippen LogP contribution in [0, 0.1) is 0 Å². The van der Waals surface area contributed by atoms with Crippen LogP contribution in [0.1, 0.15) is 0 Å². The van der Waals surface area contributed by atoms with E-state index in [9.17, 15) is 0 Å². The van der Waals surface area contributed by atoms with Gasteiger partial charge in [0.05, 0.1) is 23.1 Å². The fraction of sp³-hybridized carbons (Fsp3) is 0. The van der Waals surface area contributed by atoms with Gasteiger partial charge in [-0.05, 0) is 24.3 Å². The van der Waals surface area contributed by atoms with Gasteiger partial charge in [0.2, 0.25) is 5.89 Å². The third-order valence-corrected chi connectivity index (χ3v) is 2.60. The lowest BCUT2D eigenvalue weighted by molar-refractivity contribution is 0.574. The average molecular weight is 249 g/mol. The SMILES string of the molecule is c1ccc(N=Nc2ccccc2-c2ncco2)cc1. The maximum atomic E-state index is 5.30. The predicted molar refractivity (Wildman–Crippen MR) is 72.6 cm³/mol. The highest BCUT2D eigenvalue weighted by molar-refractivity contribution is 5.69. The lowest BCUT2D eigenvalue weighted by atomic mass is 10.2. The number of nitrogens with zero attached hydrogens (tertiary/aromatic N) is 3. The van der Waals surface area contributed by atoms with E-state index in [1.165, 1.54) is 0 Å². The molecule has 0 saturated heterocycles. The van der Waals surface area contributed by atoms with Gasteiger partial charge < -0.3 is 4.42 Å². The van der Waals surface area contributed by atoms with Gasteiger partial charge in [-0.25, -0.2) is 4.98 Å². The zero-order chi connectivity index (χ0) is 12.9. The summed E-state index contributed by atoms with van der Waals surface area (Å²) >= 11 is 0. The Hall–Kier alpha value is -2.75. The molecule has 92 valence electrons. The van der Waals surface area contributed by atoms with E-state index in [2.05, 4.69) is 15.2 Å². The number of benzene rings is 2. The molecule has 4 heteroatoms. The molecule has 1 heterocycles. The largest absolute Gasteiger partial charge is 0.444 e. The topological polar surface area (TPSA) is 50.8 Å². The molecule has 0 radical (unpaired) electrons. The van der Waals surface area contributed by atoms with Gasteiger partial charge in [-0.15, -0.1) is 5.11 Å². The van der Waals surface area contributed by atoms with E-state index in [4.69, 9.17) is 4.42 Å². The van der Waals surface area contributed by atoms with Crippen molar-refractivity contribution < 1.29 is 4.42 Å². The third-order valence-electron chi connectivity index (χ3n) is 2.60. The van der Waals surface area contributed by atoms with Crippen LogP contribution in [0.3, 0.4) is 0 Å². The van der Waals surface area contributed by atoms with Gasteiger partial charge in [0.15, 0.2) is 0 Å². The molecule has 19 heavy (non-hydrogen) atoms. The van der Waals surface area contributed by atoms with Crippen LogP contribution in [-0.4, -0.2) is 4.98 Å². The van der Waals surface area contributed by atoms with Crippen molar-refractivity contribution in [3.8, 4) is 11.5 Å². The molecule has 0 N–H and O–H groups in total. The average Bonchev–Trinajstić information content (AvgIpc) is 3.01. The van der Waals surface area contributed by atoms with Crippen LogP contribution in [0.15, 0.2) is 81.7 Å². The first-order valence-corrected chi connectivity index (χ1v) is 5.89. The summed E-state index contributed by atoms with van der Waals surface area (Å²) in [7, 11) is 0. The van der Waals surface area contributed by atoms with Crippen LogP contribution < -0.4 is 0 Å². The highest BCUT2D eigenvalue weighted by Gasteiger charge is 2.07. The molecule has 0 spiro atoms. The van der Waals surface area contributed by atoms with Crippen molar-refractivity contribution in [2.75, 3.05) is 0 Å². The van der Waals surface area contributed by atoms with E-state index in [1.54, 1.807) is 12.5 Å². The summed E-state index contributed by atoms with van der Waals surface area (Å²) in [6.45, 7) is 0. The molecule has 3 rings (SSSR count). The summed E-state index contributed by atoms with van der Waals surface area (Å²) in [5.74, 6) is 0.544. The van der Waals surface area contributed by atoms with E-state index in [1.807, 2.05) is 54.6 Å². The third kappa shape index (κ3) is 2.57. The van der Waals surface area contributed by atoms with Crippen LogP contribution in [0.5, 0.6) is 0 Å². The normalized spacial score (nSPS) is 10.9. The second-order valence-electron chi connectivity index (χ2n) is 3.89. The molecule has 0 aliphatic carbocycles. The highest BCUT2D eigenvalue weighted by atomic mass is 16.3. The number of hydrogen-bond donors (Lipinski definition) is 0. The van der Waals surface area contributed by atoms with E-state index < -0.39 is 0 Å². The standard InChI is InChI=1S/C15H11N3O/c1-2-6-12(7-3-1)17-18-14-9-5-4-8-13(14)15-16-10-11-19-15/h1-11H. The highest BCUT2D eigenvalue weighted by Crippen LogP contribution is 2.29. The molecule has 1 aromatic heterocycles. The van der Waals surface area contributed by atoms with Crippen molar-refractivity contribution in [2.24, 2.45) is 10.2 Å². The number of hydrogen-bond acceptors (Lipinski definition) is 4. The van der Waals surface area contributed by atoms with Crippen molar-refractivity contribution in [3.05, 3.63) is 67.1 Å². The Morgan fingerprint density at radius 3 is 2.42 bits per heavy atom. The van der Waals surface area contributed by atoms with Gasteiger partial charge in [-0.2, -0.15) is 5.11 Å². The molecule has 0 aliphatic heterocycles. The van der Waals surface area contributed by atoms with Crippen LogP contribution >= 0.6 is 0 Å². The van der Waals surface area contributed by atoms with Crippen LogP contribution in [0.4, 0.5) is 11.4 Å². The Balaban J connectivity index is 1.96. The minimum absolute atomic E-state index is 0.544. The molecule has 0 atom stereocenters. The van der Waals surface area contributed by atoms with Crippen LogP contribution in [0.25, 0.3) is 11.5 Å². The lowest BCUT2D eigenvalue weighted by Crippen LogP contribution is -1.77. The quantitative estimate of drug-likeness (QED) is 0.628. The second kappa shape index (κ2) is 5.27. The molecule has 0 saturated carbocycles. The minimum Gasteiger partial charge on any atom is -0.444 e. The Bertz CT molecular complexity index is 676. The Morgan fingerprint density at radius 2 is 1.63 bits per heavy atom. The smallest absolute Gasteiger partial charge is 0.228 e. The molecule has 0 bridgehead atoms. The van der Waals surface area contributed by atoms with Crippen LogP contribution in [-0.2, 0) is 0 Å². The van der Waals surface area contributed by atoms with E-state index in [-0.39, 0.29) is 0 Å². The van der Waals surface area contributed by atoms with Crippen molar-refractivity contribution in [3.63, 3.8) is 0 Å². The number of oxazole rings is 1. The zero-order valence-electron chi connectivity index (χ0n) is 10.1. The van der Waals surface area contributed by atoms with Crippen molar-refractivity contribution in [1.82, 2.24) is 4.98 Å². The van der Waals surface area contributed by atoms with Crippen molar-refractivity contribution in [1.29, 1.82) is 0 Å². The molecule has 0 aliphatic rings. The monoisotopic (exact) mass is 249 g/mol. The molecule has 0 amide bonds. The summed E-state index contributed by atoms with van der Waals surface area (Å²) in [5.41, 5.74) is 2.37. The number of aromatic nitrogens is 1. The van der Waals surface area contributed by atoms with Gasteiger partial charge in [0.25, 0.3) is 0 Å². The summed E-state index contributed by atoms with van der Waals surface area (Å²) in [6, 6.07) is 17.2. The molecule has 4 nitrogen and oxygen atoms in total. The molecule has 3 aromatic rings. The fourth-order valence-electron chi connectivity index (χ4n) is 1.70. The molecule has 2 aromatic carbocycles. The first-order valence-electron chi connectivity index (χ1n) is 5.89. The number of rotatable bonds is 3. The molecular weight excluding hydrogens is 238 g/mol. The van der Waals surface area contributed by atoms with E-state index >= 15 is 0 Å². The van der Waals surface area contributed by atoms with Crippen molar-refractivity contribution >= 4 is 11.4 Å². The van der Waals surface area contributed by atoms with Crippen LogP contribution in [0.2, 0.25) is 0 Å². The van der Waals surface area contributed by atoms with Gasteiger partial charge in [-0.3, -0.25) is 0 Å². The first-order chi connectivity index (χ1) is 9.43. The van der Waals surface area contributed by atoms with Crippen molar-refractivity contribution in [2.45, 2.75) is 0 Å². The summed E-state index contributed by atoms with van der Waals surface area (Å²) in [6.07, 6.45) is 3.15. The zero-order valence-corrected chi connectivity index (χ0v) is 10.1. The lowest BCUT2D eigenvalue weighted by Gasteiger charge is -1.99. The molecular formula is C15H11N3O. The number of azo groups is 1. The summed E-state index contributed by atoms with van der Waals surface area (Å²) < 4.78 is 5.30. The fourth-order valence-corrected chi connectivity index (χ4v) is 1.70. The predicted octanol–water partition coefficient (Wildman–Crippen LogP) is 4.76. The maximum absolute atomic E-state index is 5.30. The van der Waals surface area contributed by atoms with Gasteiger partial charge in [0.1, 0.15) is 6.26 Å². The minimum atomic E-state index is 0.544. The first kappa shape index (κ1) is 11.3. The summed E-state index contributed by atoms with van der Waals surface area (Å²) in [4.78, 5) is 4.13.